The normalized spacial score (nSPS) is 10.9. The molecule has 0 aliphatic heterocycles. The molecule has 0 aliphatic carbocycles. The monoisotopic (exact) mass is 317 g/mol. The second-order valence-electron chi connectivity index (χ2n) is 5.44. The van der Waals surface area contributed by atoms with Crippen molar-refractivity contribution < 1.29 is 0 Å². The van der Waals surface area contributed by atoms with E-state index in [1.54, 1.807) is 18.6 Å². The van der Waals surface area contributed by atoms with Crippen LogP contribution in [-0.2, 0) is 6.42 Å². The predicted molar refractivity (Wildman–Crippen MR) is 89.0 cm³/mol. The molecule has 0 atom stereocenters. The molecule has 0 radical (unpaired) electrons. The van der Waals surface area contributed by atoms with Crippen molar-refractivity contribution in [3.63, 3.8) is 0 Å². The van der Waals surface area contributed by atoms with Gasteiger partial charge in [0.2, 0.25) is 0 Å². The van der Waals surface area contributed by atoms with Gasteiger partial charge in [-0.1, -0.05) is 6.07 Å². The molecule has 0 fully saturated rings. The van der Waals surface area contributed by atoms with E-state index in [1.165, 1.54) is 0 Å². The fourth-order valence-electron chi connectivity index (χ4n) is 2.45. The molecule has 0 aromatic carbocycles. The molecule has 0 bridgehead atoms. The van der Waals surface area contributed by atoms with E-state index in [9.17, 15) is 0 Å². The van der Waals surface area contributed by atoms with Gasteiger partial charge in [0, 0.05) is 36.4 Å². The van der Waals surface area contributed by atoms with Crippen molar-refractivity contribution >= 4 is 0 Å². The van der Waals surface area contributed by atoms with E-state index >= 15 is 0 Å². The molecule has 4 aromatic rings. The summed E-state index contributed by atoms with van der Waals surface area (Å²) in [6.45, 7) is 1.97. The third-order valence-corrected chi connectivity index (χ3v) is 3.56. The molecule has 0 aliphatic rings. The Balaban J connectivity index is 1.61. The van der Waals surface area contributed by atoms with Crippen LogP contribution in [0.4, 0.5) is 0 Å². The van der Waals surface area contributed by atoms with Gasteiger partial charge in [0.25, 0.3) is 0 Å². The molecule has 7 nitrogen and oxygen atoms in total. The van der Waals surface area contributed by atoms with Crippen molar-refractivity contribution in [2.45, 2.75) is 13.3 Å². The number of nitrogens with one attached hydrogen (secondary N) is 2. The molecule has 0 amide bonds. The van der Waals surface area contributed by atoms with Crippen LogP contribution in [0, 0.1) is 6.92 Å². The number of aromatic nitrogens is 7. The van der Waals surface area contributed by atoms with E-state index in [-0.39, 0.29) is 0 Å². The molecule has 2 N–H and O–H groups in total. The number of hydrogen-bond donors (Lipinski definition) is 2. The second-order valence-corrected chi connectivity index (χ2v) is 5.44. The average molecular weight is 317 g/mol. The third kappa shape index (κ3) is 2.91. The van der Waals surface area contributed by atoms with Gasteiger partial charge in [0.1, 0.15) is 5.69 Å². The summed E-state index contributed by atoms with van der Waals surface area (Å²) in [5.41, 5.74) is 4.51. The van der Waals surface area contributed by atoms with Gasteiger partial charge in [0.05, 0.1) is 11.4 Å². The lowest BCUT2D eigenvalue weighted by Gasteiger charge is -2.04. The van der Waals surface area contributed by atoms with Gasteiger partial charge in [-0.25, -0.2) is 15.0 Å². The molecule has 118 valence electrons. The van der Waals surface area contributed by atoms with Gasteiger partial charge in [-0.15, -0.1) is 0 Å². The summed E-state index contributed by atoms with van der Waals surface area (Å²) >= 11 is 0. The maximum atomic E-state index is 4.68. The van der Waals surface area contributed by atoms with Crippen LogP contribution in [0.3, 0.4) is 0 Å². The van der Waals surface area contributed by atoms with Gasteiger partial charge in [-0.2, -0.15) is 5.10 Å². The van der Waals surface area contributed by atoms with E-state index < -0.39 is 0 Å². The predicted octanol–water partition coefficient (Wildman–Crippen LogP) is 2.55. The number of rotatable bonds is 4. The first-order chi connectivity index (χ1) is 11.8. The summed E-state index contributed by atoms with van der Waals surface area (Å²) in [4.78, 5) is 20.7. The van der Waals surface area contributed by atoms with Crippen LogP contribution in [0.15, 0.2) is 48.9 Å². The Morgan fingerprint density at radius 2 is 1.88 bits per heavy atom. The number of pyridine rings is 1. The highest BCUT2D eigenvalue weighted by Gasteiger charge is 2.08. The lowest BCUT2D eigenvalue weighted by Crippen LogP contribution is -1.99. The Bertz CT molecular complexity index is 957. The van der Waals surface area contributed by atoms with Gasteiger partial charge >= 0.3 is 0 Å². The minimum atomic E-state index is 0.580. The van der Waals surface area contributed by atoms with Crippen molar-refractivity contribution in [1.82, 2.24) is 35.1 Å². The van der Waals surface area contributed by atoms with E-state index in [2.05, 4.69) is 35.1 Å². The summed E-state index contributed by atoms with van der Waals surface area (Å²) in [6.07, 6.45) is 5.79. The Hall–Kier alpha value is -3.35. The van der Waals surface area contributed by atoms with Crippen molar-refractivity contribution in [1.29, 1.82) is 0 Å². The molecule has 0 unspecified atom stereocenters. The van der Waals surface area contributed by atoms with Crippen molar-refractivity contribution in [3.05, 3.63) is 66.0 Å². The maximum absolute atomic E-state index is 4.68. The number of H-pyrrole nitrogens is 2. The zero-order chi connectivity index (χ0) is 16.4. The van der Waals surface area contributed by atoms with Crippen LogP contribution in [-0.4, -0.2) is 35.1 Å². The Morgan fingerprint density at radius 3 is 2.67 bits per heavy atom. The summed E-state index contributed by atoms with van der Waals surface area (Å²) < 4.78 is 0. The largest absolute Gasteiger partial charge is 0.342 e. The van der Waals surface area contributed by atoms with Crippen LogP contribution in [0.5, 0.6) is 0 Å². The number of aryl methyl sites for hydroxylation is 1. The zero-order valence-electron chi connectivity index (χ0n) is 13.1. The van der Waals surface area contributed by atoms with Gasteiger partial charge in [-0.3, -0.25) is 10.1 Å². The lowest BCUT2D eigenvalue weighted by atomic mass is 10.2. The summed E-state index contributed by atoms with van der Waals surface area (Å²) in [7, 11) is 0. The number of hydrogen-bond acceptors (Lipinski definition) is 5. The minimum absolute atomic E-state index is 0.580. The Labute approximate surface area is 138 Å². The first-order valence-corrected chi connectivity index (χ1v) is 7.58. The molecule has 0 saturated carbocycles. The molecular weight excluding hydrogens is 302 g/mol. The van der Waals surface area contributed by atoms with Crippen LogP contribution in [0.25, 0.3) is 23.0 Å². The van der Waals surface area contributed by atoms with Crippen molar-refractivity contribution in [3.8, 4) is 23.0 Å². The summed E-state index contributed by atoms with van der Waals surface area (Å²) in [6, 6.07) is 9.78. The molecule has 4 aromatic heterocycles. The minimum Gasteiger partial charge on any atom is -0.342 e. The van der Waals surface area contributed by atoms with E-state index in [1.807, 2.05) is 37.3 Å². The quantitative estimate of drug-likeness (QED) is 0.603. The summed E-state index contributed by atoms with van der Waals surface area (Å²) in [5.74, 6) is 1.24. The SMILES string of the molecule is Cc1cc(-c2cccc(Cc3ccnc(-c4ncc[nH]4)n3)n2)n[nH]1. The molecule has 4 rings (SSSR count). The van der Waals surface area contributed by atoms with Gasteiger partial charge < -0.3 is 4.98 Å². The molecule has 24 heavy (non-hydrogen) atoms. The zero-order valence-corrected chi connectivity index (χ0v) is 13.1. The maximum Gasteiger partial charge on any atom is 0.195 e. The topological polar surface area (TPSA) is 96.0 Å². The standard InChI is InChI=1S/C17H15N7/c1-11-9-15(24-23-11)14-4-2-3-12(21-14)10-13-5-6-18-17(22-13)16-19-7-8-20-16/h2-9H,10H2,1H3,(H,19,20)(H,23,24). The third-order valence-electron chi connectivity index (χ3n) is 3.56. The number of imidazole rings is 1. The molecular formula is C17H15N7. The summed E-state index contributed by atoms with van der Waals surface area (Å²) in [5, 5.41) is 7.19. The highest BCUT2D eigenvalue weighted by Crippen LogP contribution is 2.17. The first kappa shape index (κ1) is 14.3. The number of aromatic amines is 2. The van der Waals surface area contributed by atoms with Crippen molar-refractivity contribution in [2.75, 3.05) is 0 Å². The molecule has 4 heterocycles. The smallest absolute Gasteiger partial charge is 0.195 e. The van der Waals surface area contributed by atoms with Crippen LogP contribution >= 0.6 is 0 Å². The van der Waals surface area contributed by atoms with E-state index in [0.29, 0.717) is 18.1 Å². The van der Waals surface area contributed by atoms with Crippen LogP contribution in [0.1, 0.15) is 17.1 Å². The average Bonchev–Trinajstić information content (AvgIpc) is 3.27. The van der Waals surface area contributed by atoms with Gasteiger partial charge in [0.15, 0.2) is 11.6 Å². The van der Waals surface area contributed by atoms with Crippen molar-refractivity contribution in [2.24, 2.45) is 0 Å². The highest BCUT2D eigenvalue weighted by atomic mass is 15.1. The number of nitrogens with zero attached hydrogens (tertiary/aromatic N) is 5. The fraction of sp³-hybridized carbons (Fsp3) is 0.118. The fourth-order valence-corrected chi connectivity index (χ4v) is 2.45. The van der Waals surface area contributed by atoms with Gasteiger partial charge in [-0.05, 0) is 31.2 Å². The Kier molecular flexibility index (Phi) is 3.59. The second kappa shape index (κ2) is 6.04. The Morgan fingerprint density at radius 1 is 0.958 bits per heavy atom. The first-order valence-electron chi connectivity index (χ1n) is 7.58. The molecule has 0 saturated heterocycles. The molecule has 0 spiro atoms. The lowest BCUT2D eigenvalue weighted by molar-refractivity contribution is 0.979. The van der Waals surface area contributed by atoms with Crippen LogP contribution in [0.2, 0.25) is 0 Å². The van der Waals surface area contributed by atoms with Crippen LogP contribution < -0.4 is 0 Å². The highest BCUT2D eigenvalue weighted by molar-refractivity contribution is 5.54. The van der Waals surface area contributed by atoms with E-state index in [4.69, 9.17) is 0 Å². The molecule has 7 heteroatoms. The van der Waals surface area contributed by atoms with E-state index in [0.717, 1.165) is 28.5 Å².